The molecule has 1 aliphatic heterocycles. The average molecular weight is 355 g/mol. The van der Waals surface area contributed by atoms with E-state index >= 15 is 0 Å². The van der Waals surface area contributed by atoms with Crippen molar-refractivity contribution in [3.63, 3.8) is 0 Å². The molecule has 0 aromatic heterocycles. The van der Waals surface area contributed by atoms with Crippen molar-refractivity contribution >= 4 is 40.2 Å². The van der Waals surface area contributed by atoms with Crippen LogP contribution in [0.3, 0.4) is 0 Å². The minimum Gasteiger partial charge on any atom is -0.493 e. The number of hydrogen-bond donors (Lipinski definition) is 1. The van der Waals surface area contributed by atoms with Crippen LogP contribution in [0, 0.1) is 0 Å². The van der Waals surface area contributed by atoms with Crippen molar-refractivity contribution in [1.29, 1.82) is 0 Å². The van der Waals surface area contributed by atoms with Gasteiger partial charge in [0.25, 0.3) is 0 Å². The van der Waals surface area contributed by atoms with E-state index in [2.05, 4.69) is 5.32 Å². The molecule has 23 heavy (non-hydrogen) atoms. The van der Waals surface area contributed by atoms with E-state index in [1.807, 2.05) is 6.07 Å². The number of esters is 1. The van der Waals surface area contributed by atoms with Crippen LogP contribution in [0.2, 0.25) is 0 Å². The van der Waals surface area contributed by atoms with Gasteiger partial charge in [-0.05, 0) is 31.0 Å². The van der Waals surface area contributed by atoms with Gasteiger partial charge in [0, 0.05) is 0 Å². The van der Waals surface area contributed by atoms with Crippen molar-refractivity contribution in [3.05, 3.63) is 23.8 Å². The minimum atomic E-state index is -0.439. The van der Waals surface area contributed by atoms with Crippen LogP contribution in [0.1, 0.15) is 12.5 Å². The first kappa shape index (κ1) is 17.6. The van der Waals surface area contributed by atoms with E-state index in [4.69, 9.17) is 26.4 Å². The molecule has 1 atom stereocenters. The van der Waals surface area contributed by atoms with Crippen LogP contribution in [0.5, 0.6) is 11.5 Å². The largest absolute Gasteiger partial charge is 0.493 e. The van der Waals surface area contributed by atoms with Gasteiger partial charge in [-0.15, -0.1) is 0 Å². The van der Waals surface area contributed by atoms with Gasteiger partial charge in [-0.3, -0.25) is 4.79 Å². The molecule has 0 saturated carbocycles. The fourth-order valence-electron chi connectivity index (χ4n) is 2.04. The van der Waals surface area contributed by atoms with Crippen LogP contribution in [-0.2, 0) is 20.7 Å². The first-order valence-corrected chi connectivity index (χ1v) is 8.29. The monoisotopic (exact) mass is 355 g/mol. The molecule has 8 heteroatoms. The van der Waals surface area contributed by atoms with Crippen molar-refractivity contribution in [2.45, 2.75) is 18.6 Å². The third-order valence-corrected chi connectivity index (χ3v) is 4.44. The lowest BCUT2D eigenvalue weighted by Gasteiger charge is -2.12. The molecule has 1 saturated heterocycles. The summed E-state index contributed by atoms with van der Waals surface area (Å²) >= 11 is 6.32. The summed E-state index contributed by atoms with van der Waals surface area (Å²) in [6.07, 6.45) is 0.533. The molecular formula is C15H17NO5S2. The van der Waals surface area contributed by atoms with Crippen LogP contribution < -0.4 is 14.8 Å². The fraction of sp³-hybridized carbons (Fsp3) is 0.400. The molecular weight excluding hydrogens is 338 g/mol. The maximum absolute atomic E-state index is 11.7. The third-order valence-electron chi connectivity index (χ3n) is 3.07. The lowest BCUT2D eigenvalue weighted by molar-refractivity contribution is -0.145. The van der Waals surface area contributed by atoms with Gasteiger partial charge in [-0.2, -0.15) is 0 Å². The molecule has 1 aliphatic rings. The van der Waals surface area contributed by atoms with Crippen molar-refractivity contribution in [2.24, 2.45) is 0 Å². The van der Waals surface area contributed by atoms with Crippen LogP contribution in [-0.4, -0.2) is 41.8 Å². The number of carbonyl (C=O) groups excluding carboxylic acids is 2. The summed E-state index contributed by atoms with van der Waals surface area (Å²) in [5, 5.41) is 2.38. The van der Waals surface area contributed by atoms with Gasteiger partial charge in [0.05, 0.1) is 19.0 Å². The fourth-order valence-corrected chi connectivity index (χ4v) is 3.35. The van der Waals surface area contributed by atoms with Crippen molar-refractivity contribution < 1.29 is 23.8 Å². The van der Waals surface area contributed by atoms with Crippen LogP contribution in [0.4, 0.5) is 0 Å². The Kier molecular flexibility index (Phi) is 6.23. The highest BCUT2D eigenvalue weighted by Crippen LogP contribution is 2.30. The zero-order valence-corrected chi connectivity index (χ0v) is 14.4. The zero-order valence-electron chi connectivity index (χ0n) is 12.8. The zero-order chi connectivity index (χ0) is 16.8. The number of hydrogen-bond acceptors (Lipinski definition) is 7. The number of nitrogens with one attached hydrogen (secondary N) is 1. The number of carbonyl (C=O) groups is 2. The molecule has 1 heterocycles. The summed E-state index contributed by atoms with van der Waals surface area (Å²) < 4.78 is 16.0. The van der Waals surface area contributed by atoms with E-state index in [0.29, 0.717) is 28.8 Å². The van der Waals surface area contributed by atoms with Crippen molar-refractivity contribution in [2.75, 3.05) is 20.3 Å². The van der Waals surface area contributed by atoms with Gasteiger partial charge < -0.3 is 19.5 Å². The van der Waals surface area contributed by atoms with E-state index in [1.54, 1.807) is 19.1 Å². The van der Waals surface area contributed by atoms with E-state index in [-0.39, 0.29) is 17.8 Å². The quantitative estimate of drug-likeness (QED) is 0.589. The number of thioether (sulfide) groups is 1. The van der Waals surface area contributed by atoms with Crippen LogP contribution in [0.15, 0.2) is 18.2 Å². The lowest BCUT2D eigenvalue weighted by atomic mass is 10.1. The maximum atomic E-state index is 11.7. The highest BCUT2D eigenvalue weighted by atomic mass is 32.2. The Hall–Kier alpha value is -1.80. The number of benzene rings is 1. The Bertz CT molecular complexity index is 620. The molecule has 6 nitrogen and oxygen atoms in total. The predicted octanol–water partition coefficient (Wildman–Crippen LogP) is 1.70. The highest BCUT2D eigenvalue weighted by Gasteiger charge is 2.29. The number of thiocarbonyl (C=S) groups is 1. The second-order valence-corrected chi connectivity index (χ2v) is 6.55. The van der Waals surface area contributed by atoms with Gasteiger partial charge >= 0.3 is 5.97 Å². The molecule has 124 valence electrons. The van der Waals surface area contributed by atoms with Gasteiger partial charge in [0.1, 0.15) is 4.32 Å². The Morgan fingerprint density at radius 1 is 1.39 bits per heavy atom. The van der Waals surface area contributed by atoms with Crippen molar-refractivity contribution in [1.82, 2.24) is 5.32 Å². The molecule has 2 rings (SSSR count). The Morgan fingerprint density at radius 3 is 2.78 bits per heavy atom. The second kappa shape index (κ2) is 8.16. The molecule has 1 aromatic rings. The van der Waals surface area contributed by atoms with E-state index in [1.165, 1.54) is 18.9 Å². The number of rotatable bonds is 7. The maximum Gasteiger partial charge on any atom is 0.344 e. The summed E-state index contributed by atoms with van der Waals surface area (Å²) in [5.74, 6) is 0.425. The molecule has 1 fully saturated rings. The third kappa shape index (κ3) is 4.84. The summed E-state index contributed by atoms with van der Waals surface area (Å²) in [6, 6.07) is 5.33. The molecule has 1 unspecified atom stereocenters. The molecule has 1 aromatic carbocycles. The second-order valence-electron chi connectivity index (χ2n) is 4.67. The Morgan fingerprint density at radius 2 is 2.17 bits per heavy atom. The topological polar surface area (TPSA) is 73.9 Å². The lowest BCUT2D eigenvalue weighted by Crippen LogP contribution is -2.25. The first-order valence-electron chi connectivity index (χ1n) is 7.00. The first-order chi connectivity index (χ1) is 11.0. The summed E-state index contributed by atoms with van der Waals surface area (Å²) in [6.45, 7) is 1.86. The Labute approximate surface area is 143 Å². The van der Waals surface area contributed by atoms with Gasteiger partial charge in [-0.1, -0.05) is 30.0 Å². The molecule has 0 bridgehead atoms. The molecule has 0 spiro atoms. The van der Waals surface area contributed by atoms with Crippen molar-refractivity contribution in [3.8, 4) is 11.5 Å². The van der Waals surface area contributed by atoms with E-state index in [0.717, 1.165) is 5.56 Å². The Balaban J connectivity index is 2.02. The summed E-state index contributed by atoms with van der Waals surface area (Å²) in [7, 11) is 1.52. The highest BCUT2D eigenvalue weighted by molar-refractivity contribution is 8.24. The summed E-state index contributed by atoms with van der Waals surface area (Å²) in [5.41, 5.74) is 0.919. The van der Waals surface area contributed by atoms with Gasteiger partial charge in [-0.25, -0.2) is 4.79 Å². The summed E-state index contributed by atoms with van der Waals surface area (Å²) in [4.78, 5) is 23.1. The molecule has 1 amide bonds. The average Bonchev–Trinajstić information content (AvgIpc) is 2.83. The van der Waals surface area contributed by atoms with E-state index < -0.39 is 5.97 Å². The number of amides is 1. The minimum absolute atomic E-state index is 0.0818. The molecule has 0 radical (unpaired) electrons. The predicted molar refractivity (Wildman–Crippen MR) is 90.9 cm³/mol. The van der Waals surface area contributed by atoms with Crippen LogP contribution in [0.25, 0.3) is 0 Å². The molecule has 0 aliphatic carbocycles. The standard InChI is InChI=1S/C15H17NO5S2/c1-3-20-13(17)8-21-10-5-4-9(6-11(10)19-2)7-12-14(18)16-15(22)23-12/h4-6,12H,3,7-8H2,1-2H3,(H,16,18,22). The smallest absolute Gasteiger partial charge is 0.344 e. The SMILES string of the molecule is CCOC(=O)COc1ccc(CC2SC(=S)NC2=O)cc1OC. The van der Waals surface area contributed by atoms with E-state index in [9.17, 15) is 9.59 Å². The number of methoxy groups -OCH3 is 1. The molecule has 1 N–H and O–H groups in total. The number of ether oxygens (including phenoxy) is 3. The normalized spacial score (nSPS) is 16.9. The van der Waals surface area contributed by atoms with Gasteiger partial charge in [0.2, 0.25) is 5.91 Å². The van der Waals surface area contributed by atoms with Gasteiger partial charge in [0.15, 0.2) is 18.1 Å². The van der Waals surface area contributed by atoms with Crippen LogP contribution >= 0.6 is 24.0 Å².